The lowest BCUT2D eigenvalue weighted by Gasteiger charge is -2.29. The summed E-state index contributed by atoms with van der Waals surface area (Å²) in [7, 11) is 0. The van der Waals surface area contributed by atoms with Gasteiger partial charge in [0, 0.05) is 68.3 Å². The van der Waals surface area contributed by atoms with E-state index in [0.717, 1.165) is 85.8 Å². The largest absolute Gasteiger partial charge is 0.315 e. The first kappa shape index (κ1) is 48.4. The predicted octanol–water partition coefficient (Wildman–Crippen LogP) is 19.9. The first-order valence-electron chi connectivity index (χ1n) is 24.9. The van der Waals surface area contributed by atoms with Crippen molar-refractivity contribution in [2.24, 2.45) is 0 Å². The van der Waals surface area contributed by atoms with E-state index >= 15 is 0 Å². The van der Waals surface area contributed by atoms with Gasteiger partial charge in [-0.05, 0) is 206 Å². The molecule has 0 amide bonds. The van der Waals surface area contributed by atoms with E-state index in [2.05, 4.69) is 305 Å². The van der Waals surface area contributed by atoms with E-state index in [-0.39, 0.29) is 0 Å². The summed E-state index contributed by atoms with van der Waals surface area (Å²) < 4.78 is 0. The van der Waals surface area contributed by atoms with Crippen molar-refractivity contribution in [3.05, 3.63) is 282 Å². The Labute approximate surface area is 428 Å². The van der Waals surface area contributed by atoms with Crippen molar-refractivity contribution in [3.63, 3.8) is 0 Å². The van der Waals surface area contributed by atoms with Crippen molar-refractivity contribution in [2.45, 2.75) is 54.9 Å². The van der Waals surface area contributed by atoms with Gasteiger partial charge in [0.25, 0.3) is 0 Å². The number of aryl methyl sites for hydroxylation is 5. The van der Waals surface area contributed by atoms with Crippen LogP contribution in [0.15, 0.2) is 254 Å². The van der Waals surface area contributed by atoms with E-state index in [0.29, 0.717) is 0 Å². The molecule has 0 radical (unpaired) electrons. The molecule has 356 valence electrons. The monoisotopic (exact) mass is 937 g/mol. The quantitative estimate of drug-likeness (QED) is 0.0707. The van der Waals surface area contributed by atoms with Gasteiger partial charge in [-0.2, -0.15) is 0 Å². The van der Waals surface area contributed by atoms with Crippen molar-refractivity contribution in [3.8, 4) is 11.1 Å². The fourth-order valence-corrected chi connectivity index (χ4v) is 9.11. The van der Waals surface area contributed by atoms with Crippen LogP contribution in [-0.2, 0) is 0 Å². The number of hydrogen-bond donors (Lipinski definition) is 0. The zero-order valence-corrected chi connectivity index (χ0v) is 42.7. The average Bonchev–Trinajstić information content (AvgIpc) is 3.40. The predicted molar refractivity (Wildman–Crippen MR) is 311 cm³/mol. The van der Waals surface area contributed by atoms with Crippen LogP contribution >= 0.6 is 0 Å². The van der Waals surface area contributed by atoms with Gasteiger partial charge >= 0.3 is 0 Å². The maximum absolute atomic E-state index is 3.92. The first-order valence-corrected chi connectivity index (χ1v) is 24.9. The fraction of sp³-hybridized carbons (Fsp3) is 0.118. The molecule has 72 heavy (non-hydrogen) atoms. The minimum atomic E-state index is 0.861. The van der Waals surface area contributed by atoms with Crippen molar-refractivity contribution >= 4 is 62.6 Å². The average molecular weight is 937 g/mol. The molecule has 0 heterocycles. The van der Waals surface area contributed by atoms with Crippen LogP contribution in [0.1, 0.15) is 48.1 Å². The van der Waals surface area contributed by atoms with Gasteiger partial charge in [-0.25, -0.2) is 0 Å². The second kappa shape index (κ2) is 22.0. The smallest absolute Gasteiger partial charge is 0.0463 e. The third-order valence-electron chi connectivity index (χ3n) is 13.2. The van der Waals surface area contributed by atoms with E-state index in [1.54, 1.807) is 0 Å². The summed E-state index contributed by atoms with van der Waals surface area (Å²) in [5, 5.41) is 0. The Balaban J connectivity index is 1.01. The number of benzene rings is 9. The van der Waals surface area contributed by atoms with Crippen LogP contribution in [0.25, 0.3) is 11.1 Å². The van der Waals surface area contributed by atoms with Crippen LogP contribution in [0.3, 0.4) is 0 Å². The summed E-state index contributed by atoms with van der Waals surface area (Å²) in [5.74, 6) is 0. The Morgan fingerprint density at radius 2 is 0.514 bits per heavy atom. The van der Waals surface area contributed by atoms with Gasteiger partial charge in [-0.15, -0.1) is 6.58 Å². The van der Waals surface area contributed by atoms with Gasteiger partial charge in [0.15, 0.2) is 0 Å². The number of allylic oxidation sites excluding steroid dienone is 5. The molecule has 0 unspecified atom stereocenters. The highest BCUT2D eigenvalue weighted by molar-refractivity contribution is 5.84. The van der Waals surface area contributed by atoms with Crippen LogP contribution < -0.4 is 19.6 Å². The molecule has 0 aliphatic carbocycles. The highest BCUT2D eigenvalue weighted by atomic mass is 15.2. The zero-order valence-electron chi connectivity index (χ0n) is 42.7. The molecule has 0 fully saturated rings. The molecule has 9 rings (SSSR count). The van der Waals surface area contributed by atoms with Crippen LogP contribution in [0.2, 0.25) is 0 Å². The molecular formula is C68H64N4. The Morgan fingerprint density at radius 1 is 0.306 bits per heavy atom. The number of hydrogen-bond acceptors (Lipinski definition) is 4. The highest BCUT2D eigenvalue weighted by Crippen LogP contribution is 2.42. The van der Waals surface area contributed by atoms with E-state index in [4.69, 9.17) is 0 Å². The summed E-state index contributed by atoms with van der Waals surface area (Å²) in [6.07, 6.45) is 7.20. The molecular weight excluding hydrogens is 873 g/mol. The normalized spacial score (nSPS) is 11.5. The zero-order chi connectivity index (χ0) is 50.1. The molecule has 4 nitrogen and oxygen atoms in total. The summed E-state index contributed by atoms with van der Waals surface area (Å²) in [6.45, 7) is 18.9. The van der Waals surface area contributed by atoms with Crippen LogP contribution in [0.5, 0.6) is 0 Å². The first-order chi connectivity index (χ1) is 35.0. The van der Waals surface area contributed by atoms with Crippen molar-refractivity contribution in [2.75, 3.05) is 19.6 Å². The van der Waals surface area contributed by atoms with Crippen LogP contribution in [-0.4, -0.2) is 0 Å². The minimum absolute atomic E-state index is 0.861. The van der Waals surface area contributed by atoms with E-state index in [9.17, 15) is 0 Å². The Morgan fingerprint density at radius 3 is 0.764 bits per heavy atom. The summed E-state index contributed by atoms with van der Waals surface area (Å²) in [6, 6.07) is 79.5. The number of nitrogens with zero attached hydrogens (tertiary/aromatic N) is 4. The van der Waals surface area contributed by atoms with Gasteiger partial charge < -0.3 is 19.6 Å². The van der Waals surface area contributed by atoms with Crippen molar-refractivity contribution < 1.29 is 0 Å². The van der Waals surface area contributed by atoms with Gasteiger partial charge in [0.1, 0.15) is 0 Å². The SMILES string of the molecule is C=CC/C(C)=C\C=C(/C)N(c1ccc(C)cc1)c1ccc(N(c2ccc(C)cc2)c2ccc(-c3ccc(N(c4ccc(C)cc4)c4ccc(N(c5ccc(C)cc5)c5ccc(C)cc5)cc4)cc3)cc2)cc1. The molecule has 9 aromatic rings. The molecule has 0 N–H and O–H groups in total. The standard InChI is InChI=1S/C68H64N4/c1-9-10-49(2)11-22-55(8)69(58-27-12-50(3)13-28-58)59-41-43-66(44-42-59)71(62-33-18-53(6)19-34-62)64-37-23-56(24-38-64)57-25-39-65(40-26-57)72(63-35-20-54(7)21-36-63)68-47-45-67(46-48-68)70(60-29-14-51(4)15-30-60)61-31-16-52(5)17-32-61/h9,11-48H,1,10H2,2-8H3/b49-11-,55-22+. The lowest BCUT2D eigenvalue weighted by atomic mass is 10.0. The van der Waals surface area contributed by atoms with Gasteiger partial charge in [0.05, 0.1) is 0 Å². The Kier molecular flexibility index (Phi) is 14.8. The Hall–Kier alpha value is -8.60. The third-order valence-corrected chi connectivity index (χ3v) is 13.2. The molecule has 0 aliphatic heterocycles. The van der Waals surface area contributed by atoms with Crippen molar-refractivity contribution in [1.29, 1.82) is 0 Å². The number of anilines is 11. The van der Waals surface area contributed by atoms with Gasteiger partial charge in [-0.3, -0.25) is 0 Å². The maximum Gasteiger partial charge on any atom is 0.0463 e. The molecule has 9 aromatic carbocycles. The van der Waals surface area contributed by atoms with Gasteiger partial charge in [-0.1, -0.05) is 130 Å². The molecule has 0 aliphatic rings. The number of rotatable bonds is 16. The van der Waals surface area contributed by atoms with Crippen LogP contribution in [0, 0.1) is 34.6 Å². The molecule has 0 saturated heterocycles. The van der Waals surface area contributed by atoms with Crippen molar-refractivity contribution in [1.82, 2.24) is 0 Å². The molecule has 0 spiro atoms. The van der Waals surface area contributed by atoms with E-state index < -0.39 is 0 Å². The second-order valence-electron chi connectivity index (χ2n) is 19.0. The van der Waals surface area contributed by atoms with Gasteiger partial charge in [0.2, 0.25) is 0 Å². The lowest BCUT2D eigenvalue weighted by molar-refractivity contribution is 1.14. The third kappa shape index (κ3) is 11.2. The van der Waals surface area contributed by atoms with E-state index in [1.165, 1.54) is 33.4 Å². The molecule has 0 aromatic heterocycles. The van der Waals surface area contributed by atoms with Crippen LogP contribution in [0.4, 0.5) is 62.6 Å². The maximum atomic E-state index is 3.92. The Bertz CT molecular complexity index is 3230. The fourth-order valence-electron chi connectivity index (χ4n) is 9.11. The molecule has 4 heteroatoms. The second-order valence-corrected chi connectivity index (χ2v) is 19.0. The molecule has 0 bridgehead atoms. The lowest BCUT2D eigenvalue weighted by Crippen LogP contribution is -2.15. The summed E-state index contributed by atoms with van der Waals surface area (Å²) >= 11 is 0. The topological polar surface area (TPSA) is 13.0 Å². The van der Waals surface area contributed by atoms with E-state index in [1.807, 2.05) is 6.08 Å². The highest BCUT2D eigenvalue weighted by Gasteiger charge is 2.19. The summed E-state index contributed by atoms with van der Waals surface area (Å²) in [4.78, 5) is 9.31. The molecule has 0 atom stereocenters. The minimum Gasteiger partial charge on any atom is -0.315 e. The summed E-state index contributed by atoms with van der Waals surface area (Å²) in [5.41, 5.74) is 22.9. The molecule has 0 saturated carbocycles.